The van der Waals surface area contributed by atoms with Gasteiger partial charge in [0.2, 0.25) is 11.8 Å². The molecule has 1 radical (unpaired) electrons. The molecule has 0 aliphatic rings. The van der Waals surface area contributed by atoms with Gasteiger partial charge in [-0.2, -0.15) is 0 Å². The van der Waals surface area contributed by atoms with E-state index in [2.05, 4.69) is 5.32 Å². The summed E-state index contributed by atoms with van der Waals surface area (Å²) in [5.74, 6) is -2.18. The summed E-state index contributed by atoms with van der Waals surface area (Å²) in [5, 5.41) is 12.8. The number of amides is 2. The molecule has 5 heteroatoms. The molecule has 2 amide bonds. The summed E-state index contributed by atoms with van der Waals surface area (Å²) in [5.41, 5.74) is 6.28. The van der Waals surface area contributed by atoms with Crippen molar-refractivity contribution in [2.45, 2.75) is 39.7 Å². The molecule has 2 atom stereocenters. The Bertz CT molecular complexity index is 509. The molecule has 0 fully saturated rings. The van der Waals surface area contributed by atoms with Crippen molar-refractivity contribution in [1.29, 1.82) is 0 Å². The van der Waals surface area contributed by atoms with Gasteiger partial charge < -0.3 is 16.2 Å². The van der Waals surface area contributed by atoms with Gasteiger partial charge in [0.15, 0.2) is 0 Å². The number of hydrogen-bond donors (Lipinski definition) is 3. The van der Waals surface area contributed by atoms with Crippen LogP contribution in [0.1, 0.15) is 32.8 Å². The number of carbonyl (C=O) groups excluding carboxylic acids is 2. The second-order valence-corrected chi connectivity index (χ2v) is 6.96. The third-order valence-electron chi connectivity index (χ3n) is 3.40. The van der Waals surface area contributed by atoms with Crippen LogP contribution in [0.25, 0.3) is 0 Å². The first-order chi connectivity index (χ1) is 10.7. The molecule has 0 aliphatic carbocycles. The molecule has 0 spiro atoms. The van der Waals surface area contributed by atoms with Crippen LogP contribution in [0, 0.1) is 17.8 Å². The van der Waals surface area contributed by atoms with Crippen LogP contribution in [0.5, 0.6) is 0 Å². The lowest BCUT2D eigenvalue weighted by molar-refractivity contribution is -0.135. The number of primary amides is 1. The Morgan fingerprint density at radius 3 is 2.39 bits per heavy atom. The quantitative estimate of drug-likeness (QED) is 0.633. The van der Waals surface area contributed by atoms with E-state index >= 15 is 0 Å². The van der Waals surface area contributed by atoms with E-state index in [4.69, 9.17) is 5.73 Å². The molecule has 1 rings (SSSR count). The van der Waals surface area contributed by atoms with Crippen LogP contribution in [-0.4, -0.2) is 29.6 Å². The summed E-state index contributed by atoms with van der Waals surface area (Å²) in [4.78, 5) is 23.6. The van der Waals surface area contributed by atoms with Gasteiger partial charge in [0.25, 0.3) is 0 Å². The summed E-state index contributed by atoms with van der Waals surface area (Å²) in [6.45, 7) is 6.39. The van der Waals surface area contributed by atoms with E-state index in [1.54, 1.807) is 6.42 Å². The number of benzene rings is 1. The summed E-state index contributed by atoms with van der Waals surface area (Å²) in [7, 11) is 0. The minimum absolute atomic E-state index is 0.00184. The zero-order valence-electron chi connectivity index (χ0n) is 14.1. The topological polar surface area (TPSA) is 92.4 Å². The Morgan fingerprint density at radius 1 is 1.26 bits per heavy atom. The maximum atomic E-state index is 12.1. The SMILES string of the molecule is CC(C)(C)CNC(=O)[C@H](C[C@@H](O)[CH]Cc1ccccc1)C(N)=O. The maximum absolute atomic E-state index is 12.1. The zero-order chi connectivity index (χ0) is 17.5. The van der Waals surface area contributed by atoms with Crippen LogP contribution >= 0.6 is 0 Å². The van der Waals surface area contributed by atoms with Crippen molar-refractivity contribution in [3.63, 3.8) is 0 Å². The first-order valence-corrected chi connectivity index (χ1v) is 7.81. The third-order valence-corrected chi connectivity index (χ3v) is 3.40. The monoisotopic (exact) mass is 319 g/mol. The summed E-state index contributed by atoms with van der Waals surface area (Å²) in [6.07, 6.45) is 1.38. The lowest BCUT2D eigenvalue weighted by Crippen LogP contribution is -2.43. The van der Waals surface area contributed by atoms with Crippen LogP contribution < -0.4 is 11.1 Å². The molecule has 0 heterocycles. The molecule has 0 bridgehead atoms. The molecule has 0 aromatic heterocycles. The Hall–Kier alpha value is -1.88. The highest BCUT2D eigenvalue weighted by Crippen LogP contribution is 2.14. The third kappa shape index (κ3) is 7.79. The van der Waals surface area contributed by atoms with Crippen LogP contribution in [0.3, 0.4) is 0 Å². The molecule has 1 aromatic carbocycles. The van der Waals surface area contributed by atoms with Crippen molar-refractivity contribution in [2.24, 2.45) is 17.1 Å². The zero-order valence-corrected chi connectivity index (χ0v) is 14.1. The van der Waals surface area contributed by atoms with E-state index in [-0.39, 0.29) is 11.8 Å². The smallest absolute Gasteiger partial charge is 0.232 e. The second-order valence-electron chi connectivity index (χ2n) is 6.96. The Morgan fingerprint density at radius 2 is 1.87 bits per heavy atom. The predicted octanol–water partition coefficient (Wildman–Crippen LogP) is 1.45. The first-order valence-electron chi connectivity index (χ1n) is 7.81. The van der Waals surface area contributed by atoms with Gasteiger partial charge in [-0.25, -0.2) is 0 Å². The fourth-order valence-corrected chi connectivity index (χ4v) is 2.05. The summed E-state index contributed by atoms with van der Waals surface area (Å²) < 4.78 is 0. The van der Waals surface area contributed by atoms with E-state index in [9.17, 15) is 14.7 Å². The highest BCUT2D eigenvalue weighted by Gasteiger charge is 2.28. The van der Waals surface area contributed by atoms with Gasteiger partial charge in [0, 0.05) is 6.54 Å². The lowest BCUT2D eigenvalue weighted by Gasteiger charge is -2.22. The van der Waals surface area contributed by atoms with Gasteiger partial charge >= 0.3 is 0 Å². The van der Waals surface area contributed by atoms with Crippen molar-refractivity contribution in [3.8, 4) is 0 Å². The van der Waals surface area contributed by atoms with Gasteiger partial charge in [0.1, 0.15) is 5.92 Å². The maximum Gasteiger partial charge on any atom is 0.232 e. The molecular formula is C18H27N2O3. The highest BCUT2D eigenvalue weighted by atomic mass is 16.3. The van der Waals surface area contributed by atoms with E-state index in [1.807, 2.05) is 51.1 Å². The van der Waals surface area contributed by atoms with Crippen molar-refractivity contribution in [3.05, 3.63) is 42.3 Å². The predicted molar refractivity (Wildman–Crippen MR) is 90.2 cm³/mol. The molecule has 5 nitrogen and oxygen atoms in total. The molecule has 127 valence electrons. The average molecular weight is 319 g/mol. The van der Waals surface area contributed by atoms with E-state index in [1.165, 1.54) is 0 Å². The van der Waals surface area contributed by atoms with Gasteiger partial charge in [-0.3, -0.25) is 9.59 Å². The van der Waals surface area contributed by atoms with E-state index in [0.717, 1.165) is 5.56 Å². The Balaban J connectivity index is 2.51. The average Bonchev–Trinajstić information content (AvgIpc) is 2.48. The van der Waals surface area contributed by atoms with Crippen LogP contribution in [0.4, 0.5) is 0 Å². The number of aliphatic hydroxyl groups is 1. The number of aliphatic hydroxyl groups excluding tert-OH is 1. The number of carbonyl (C=O) groups is 2. The molecule has 0 saturated carbocycles. The van der Waals surface area contributed by atoms with Crippen LogP contribution in [0.15, 0.2) is 30.3 Å². The first kappa shape index (κ1) is 19.2. The van der Waals surface area contributed by atoms with Crippen LogP contribution in [-0.2, 0) is 16.0 Å². The molecule has 23 heavy (non-hydrogen) atoms. The molecule has 4 N–H and O–H groups in total. The Kier molecular flexibility index (Phi) is 7.23. The largest absolute Gasteiger partial charge is 0.393 e. The van der Waals surface area contributed by atoms with Crippen molar-refractivity contribution in [2.75, 3.05) is 6.54 Å². The van der Waals surface area contributed by atoms with Crippen molar-refractivity contribution < 1.29 is 14.7 Å². The standard InChI is InChI=1S/C18H27N2O3/c1-18(2,3)12-20-17(23)15(16(19)22)11-14(21)10-9-13-7-5-4-6-8-13/h4-8,10,14-15,21H,9,11-12H2,1-3H3,(H2,19,22)(H,20,23)/t14-,15+/m0/s1. The fraction of sp³-hybridized carbons (Fsp3) is 0.500. The molecule has 0 unspecified atom stereocenters. The van der Waals surface area contributed by atoms with Crippen molar-refractivity contribution >= 4 is 11.8 Å². The normalized spacial score (nSPS) is 14.1. The highest BCUT2D eigenvalue weighted by molar-refractivity contribution is 5.99. The van der Waals surface area contributed by atoms with E-state index in [0.29, 0.717) is 13.0 Å². The molecule has 1 aromatic rings. The lowest BCUT2D eigenvalue weighted by atomic mass is 9.94. The van der Waals surface area contributed by atoms with Gasteiger partial charge in [0.05, 0.1) is 6.10 Å². The van der Waals surface area contributed by atoms with Crippen LogP contribution in [0.2, 0.25) is 0 Å². The number of nitrogens with two attached hydrogens (primary N) is 1. The minimum Gasteiger partial charge on any atom is -0.393 e. The fourth-order valence-electron chi connectivity index (χ4n) is 2.05. The molecule has 0 saturated heterocycles. The summed E-state index contributed by atoms with van der Waals surface area (Å²) in [6, 6.07) is 9.65. The van der Waals surface area contributed by atoms with Gasteiger partial charge in [-0.05, 0) is 30.2 Å². The van der Waals surface area contributed by atoms with Gasteiger partial charge in [-0.15, -0.1) is 0 Å². The number of rotatable bonds is 8. The summed E-state index contributed by atoms with van der Waals surface area (Å²) >= 11 is 0. The number of hydrogen-bond acceptors (Lipinski definition) is 3. The van der Waals surface area contributed by atoms with E-state index < -0.39 is 23.8 Å². The minimum atomic E-state index is -1.03. The number of nitrogens with one attached hydrogen (secondary N) is 1. The Labute approximate surface area is 138 Å². The molecule has 0 aliphatic heterocycles. The second kappa shape index (κ2) is 8.67. The van der Waals surface area contributed by atoms with Crippen molar-refractivity contribution in [1.82, 2.24) is 5.32 Å². The van der Waals surface area contributed by atoms with Gasteiger partial charge in [-0.1, -0.05) is 51.1 Å². The molecular weight excluding hydrogens is 292 g/mol.